The molecule has 1 aromatic carbocycles. The van der Waals surface area contributed by atoms with Crippen LogP contribution in [-0.2, 0) is 4.79 Å². The summed E-state index contributed by atoms with van der Waals surface area (Å²) in [5.74, 6) is 1.000. The fraction of sp³-hybridized carbons (Fsp3) is 0.562. The molecule has 4 heteroatoms. The number of amides is 1. The highest BCUT2D eigenvalue weighted by molar-refractivity contribution is 5.86. The van der Waals surface area contributed by atoms with Crippen molar-refractivity contribution in [1.82, 2.24) is 10.2 Å². The largest absolute Gasteiger partial charge is 0.497 e. The van der Waals surface area contributed by atoms with Crippen molar-refractivity contribution in [2.45, 2.75) is 38.3 Å². The molecule has 0 spiro atoms. The molecule has 1 aliphatic heterocycles. The second-order valence-electron chi connectivity index (χ2n) is 5.81. The third-order valence-electron chi connectivity index (χ3n) is 4.15. The van der Waals surface area contributed by atoms with Crippen molar-refractivity contribution in [2.24, 2.45) is 0 Å². The van der Waals surface area contributed by atoms with Gasteiger partial charge in [0.2, 0.25) is 5.91 Å². The Labute approximate surface area is 121 Å². The molecule has 110 valence electrons. The third-order valence-corrected chi connectivity index (χ3v) is 4.15. The van der Waals surface area contributed by atoms with E-state index in [1.54, 1.807) is 7.11 Å². The van der Waals surface area contributed by atoms with Crippen LogP contribution in [0, 0.1) is 0 Å². The molecule has 0 radical (unpaired) electrons. The molecule has 0 aromatic heterocycles. The Bertz CT molecular complexity index is 485. The van der Waals surface area contributed by atoms with Crippen molar-refractivity contribution in [1.29, 1.82) is 0 Å². The van der Waals surface area contributed by atoms with E-state index in [0.29, 0.717) is 0 Å². The Morgan fingerprint density at radius 1 is 1.45 bits per heavy atom. The van der Waals surface area contributed by atoms with E-state index >= 15 is 0 Å². The summed E-state index contributed by atoms with van der Waals surface area (Å²) in [6, 6.07) is 8.18. The molecule has 1 N–H and O–H groups in total. The Kier molecular flexibility index (Phi) is 4.33. The summed E-state index contributed by atoms with van der Waals surface area (Å²) in [5, 5.41) is 3.10. The number of hydrogen-bond donors (Lipinski definition) is 1. The minimum atomic E-state index is -0.526. The van der Waals surface area contributed by atoms with Crippen molar-refractivity contribution in [3.63, 3.8) is 0 Å². The number of carbonyl (C=O) groups excluding carboxylic acids is 1. The van der Waals surface area contributed by atoms with Gasteiger partial charge in [-0.3, -0.25) is 4.79 Å². The highest BCUT2D eigenvalue weighted by Gasteiger charge is 2.37. The van der Waals surface area contributed by atoms with Crippen LogP contribution in [0.2, 0.25) is 0 Å². The third kappa shape index (κ3) is 2.80. The van der Waals surface area contributed by atoms with Crippen molar-refractivity contribution in [3.8, 4) is 5.75 Å². The fourth-order valence-electron chi connectivity index (χ4n) is 2.67. The molecule has 0 aliphatic carbocycles. The molecule has 0 bridgehead atoms. The molecule has 20 heavy (non-hydrogen) atoms. The van der Waals surface area contributed by atoms with Crippen LogP contribution >= 0.6 is 0 Å². The molecule has 1 heterocycles. The van der Waals surface area contributed by atoms with Crippen LogP contribution in [0.25, 0.3) is 0 Å². The normalized spacial score (nSPS) is 19.2. The summed E-state index contributed by atoms with van der Waals surface area (Å²) in [6.45, 7) is 4.68. The minimum absolute atomic E-state index is 0.158. The SMILES string of the molecule is CNC(C)(C)C(=O)N1CCCC1c1cccc(OC)c1. The monoisotopic (exact) mass is 276 g/mol. The first-order valence-electron chi connectivity index (χ1n) is 7.13. The summed E-state index contributed by atoms with van der Waals surface area (Å²) in [5.41, 5.74) is 0.628. The average Bonchev–Trinajstić information content (AvgIpc) is 2.95. The van der Waals surface area contributed by atoms with E-state index in [9.17, 15) is 4.79 Å². The number of likely N-dealkylation sites (N-methyl/N-ethyl adjacent to an activating group) is 1. The lowest BCUT2D eigenvalue weighted by atomic mass is 10.00. The molecule has 1 aliphatic rings. The lowest BCUT2D eigenvalue weighted by molar-refractivity contribution is -0.137. The number of benzene rings is 1. The first-order chi connectivity index (χ1) is 9.49. The molecule has 4 nitrogen and oxygen atoms in total. The van der Waals surface area contributed by atoms with Gasteiger partial charge in [0, 0.05) is 6.54 Å². The zero-order valence-electron chi connectivity index (χ0n) is 12.8. The van der Waals surface area contributed by atoms with E-state index in [1.807, 2.05) is 44.0 Å². The Morgan fingerprint density at radius 2 is 2.20 bits per heavy atom. The summed E-state index contributed by atoms with van der Waals surface area (Å²) in [7, 11) is 3.50. The van der Waals surface area contributed by atoms with Gasteiger partial charge in [0.15, 0.2) is 0 Å². The van der Waals surface area contributed by atoms with Gasteiger partial charge >= 0.3 is 0 Å². The molecule has 1 amide bonds. The molecule has 1 aromatic rings. The van der Waals surface area contributed by atoms with Crippen LogP contribution in [0.15, 0.2) is 24.3 Å². The van der Waals surface area contributed by atoms with Gasteiger partial charge in [0.1, 0.15) is 5.75 Å². The number of likely N-dealkylation sites (tertiary alicyclic amines) is 1. The van der Waals surface area contributed by atoms with Crippen LogP contribution in [0.5, 0.6) is 5.75 Å². The Morgan fingerprint density at radius 3 is 2.85 bits per heavy atom. The van der Waals surface area contributed by atoms with E-state index in [-0.39, 0.29) is 11.9 Å². The number of rotatable bonds is 4. The zero-order chi connectivity index (χ0) is 14.8. The van der Waals surface area contributed by atoms with Gasteiger partial charge in [-0.1, -0.05) is 12.1 Å². The first-order valence-corrected chi connectivity index (χ1v) is 7.13. The van der Waals surface area contributed by atoms with E-state index in [1.165, 1.54) is 0 Å². The molecular weight excluding hydrogens is 252 g/mol. The number of ether oxygens (including phenoxy) is 1. The van der Waals surface area contributed by atoms with Crippen LogP contribution in [0.3, 0.4) is 0 Å². The molecule has 1 unspecified atom stereocenters. The molecular formula is C16H24N2O2. The molecule has 1 atom stereocenters. The van der Waals surface area contributed by atoms with Crippen molar-refractivity contribution < 1.29 is 9.53 Å². The number of hydrogen-bond acceptors (Lipinski definition) is 3. The number of carbonyl (C=O) groups is 1. The van der Waals surface area contributed by atoms with Gasteiger partial charge in [-0.2, -0.15) is 0 Å². The maximum atomic E-state index is 12.7. The lowest BCUT2D eigenvalue weighted by Crippen LogP contribution is -2.52. The predicted octanol–water partition coefficient (Wildman–Crippen LogP) is 2.36. The summed E-state index contributed by atoms with van der Waals surface area (Å²) < 4.78 is 5.28. The summed E-state index contributed by atoms with van der Waals surface area (Å²) >= 11 is 0. The lowest BCUT2D eigenvalue weighted by Gasteiger charge is -2.33. The Balaban J connectivity index is 2.25. The van der Waals surface area contributed by atoms with Crippen molar-refractivity contribution in [3.05, 3.63) is 29.8 Å². The van der Waals surface area contributed by atoms with Crippen LogP contribution in [-0.4, -0.2) is 37.0 Å². The van der Waals surface area contributed by atoms with Crippen LogP contribution in [0.4, 0.5) is 0 Å². The summed E-state index contributed by atoms with van der Waals surface area (Å²) in [6.07, 6.45) is 2.06. The van der Waals surface area contributed by atoms with Gasteiger partial charge < -0.3 is 15.0 Å². The second kappa shape index (κ2) is 5.83. The first kappa shape index (κ1) is 14.9. The number of methoxy groups -OCH3 is 1. The van der Waals surface area contributed by atoms with E-state index in [4.69, 9.17) is 4.74 Å². The molecule has 1 saturated heterocycles. The number of nitrogens with one attached hydrogen (secondary N) is 1. The fourth-order valence-corrected chi connectivity index (χ4v) is 2.67. The van der Waals surface area contributed by atoms with Gasteiger partial charge in [-0.25, -0.2) is 0 Å². The second-order valence-corrected chi connectivity index (χ2v) is 5.81. The maximum Gasteiger partial charge on any atom is 0.242 e. The smallest absolute Gasteiger partial charge is 0.242 e. The quantitative estimate of drug-likeness (QED) is 0.918. The van der Waals surface area contributed by atoms with Crippen LogP contribution < -0.4 is 10.1 Å². The topological polar surface area (TPSA) is 41.6 Å². The minimum Gasteiger partial charge on any atom is -0.497 e. The highest BCUT2D eigenvalue weighted by Crippen LogP contribution is 2.34. The molecule has 2 rings (SSSR count). The molecule has 0 saturated carbocycles. The highest BCUT2D eigenvalue weighted by atomic mass is 16.5. The van der Waals surface area contributed by atoms with E-state index in [0.717, 1.165) is 30.7 Å². The van der Waals surface area contributed by atoms with E-state index < -0.39 is 5.54 Å². The predicted molar refractivity (Wildman–Crippen MR) is 79.8 cm³/mol. The van der Waals surface area contributed by atoms with Gasteiger partial charge in [-0.15, -0.1) is 0 Å². The van der Waals surface area contributed by atoms with Gasteiger partial charge in [0.25, 0.3) is 0 Å². The van der Waals surface area contributed by atoms with Crippen LogP contribution in [0.1, 0.15) is 38.3 Å². The Hall–Kier alpha value is -1.55. The summed E-state index contributed by atoms with van der Waals surface area (Å²) in [4.78, 5) is 14.7. The standard InChI is InChI=1S/C16H24N2O2/c1-16(2,17-3)15(19)18-10-6-9-14(18)12-7-5-8-13(11-12)20-4/h5,7-8,11,14,17H,6,9-10H2,1-4H3. The maximum absolute atomic E-state index is 12.7. The van der Waals surface area contributed by atoms with Crippen molar-refractivity contribution >= 4 is 5.91 Å². The number of nitrogens with zero attached hydrogens (tertiary/aromatic N) is 1. The average molecular weight is 276 g/mol. The van der Waals surface area contributed by atoms with E-state index in [2.05, 4.69) is 11.4 Å². The van der Waals surface area contributed by atoms with Gasteiger partial charge in [0.05, 0.1) is 18.7 Å². The van der Waals surface area contributed by atoms with Crippen molar-refractivity contribution in [2.75, 3.05) is 20.7 Å². The van der Waals surface area contributed by atoms with Gasteiger partial charge in [-0.05, 0) is 51.4 Å². The molecule has 1 fully saturated rings. The zero-order valence-corrected chi connectivity index (χ0v) is 12.8.